The Balaban J connectivity index is 1.69. The lowest BCUT2D eigenvalue weighted by molar-refractivity contribution is 0.0845. The highest BCUT2D eigenvalue weighted by atomic mass is 32.2. The summed E-state index contributed by atoms with van der Waals surface area (Å²) in [6.07, 6.45) is 6.91. The first kappa shape index (κ1) is 18.8. The van der Waals surface area contributed by atoms with E-state index in [1.165, 1.54) is 23.6 Å². The van der Waals surface area contributed by atoms with E-state index in [2.05, 4.69) is 0 Å². The van der Waals surface area contributed by atoms with Crippen molar-refractivity contribution in [1.29, 1.82) is 0 Å². The summed E-state index contributed by atoms with van der Waals surface area (Å²) >= 11 is 0. The highest BCUT2D eigenvalue weighted by Gasteiger charge is 2.49. The Labute approximate surface area is 152 Å². The van der Waals surface area contributed by atoms with Gasteiger partial charge in [-0.15, -0.1) is 0 Å². The summed E-state index contributed by atoms with van der Waals surface area (Å²) in [4.78, 5) is 0. The van der Waals surface area contributed by atoms with Crippen molar-refractivity contribution in [3.8, 4) is 0 Å². The number of hydrogen-bond acceptors (Lipinski definition) is 3. The van der Waals surface area contributed by atoms with Gasteiger partial charge in [-0.2, -0.15) is 17.0 Å². The standard InChI is InChI=1S/C19H30N2O3S/c1-20(2)25(22,23)21-16-19(11-7-4-8-12-19)13-18(21)15-24-14-17-9-5-3-6-10-17/h3,5-6,9-10,18H,4,7-8,11-16H2,1-2H3. The van der Waals surface area contributed by atoms with Gasteiger partial charge in [0.2, 0.25) is 0 Å². The molecule has 140 valence electrons. The minimum atomic E-state index is -3.41. The fourth-order valence-electron chi connectivity index (χ4n) is 4.30. The monoisotopic (exact) mass is 366 g/mol. The molecule has 2 fully saturated rings. The first-order valence-corrected chi connectivity index (χ1v) is 10.6. The number of benzene rings is 1. The van der Waals surface area contributed by atoms with Crippen LogP contribution in [0.3, 0.4) is 0 Å². The van der Waals surface area contributed by atoms with Crippen molar-refractivity contribution in [3.63, 3.8) is 0 Å². The summed E-state index contributed by atoms with van der Waals surface area (Å²) in [6, 6.07) is 9.98. The van der Waals surface area contributed by atoms with Gasteiger partial charge in [0.1, 0.15) is 0 Å². The van der Waals surface area contributed by atoms with Gasteiger partial charge in [-0.3, -0.25) is 0 Å². The molecule has 1 aliphatic carbocycles. The van der Waals surface area contributed by atoms with Gasteiger partial charge in [-0.1, -0.05) is 49.6 Å². The van der Waals surface area contributed by atoms with E-state index >= 15 is 0 Å². The van der Waals surface area contributed by atoms with Crippen molar-refractivity contribution in [1.82, 2.24) is 8.61 Å². The van der Waals surface area contributed by atoms with E-state index in [0.717, 1.165) is 24.8 Å². The molecule has 1 saturated heterocycles. The second kappa shape index (κ2) is 7.74. The van der Waals surface area contributed by atoms with Crippen LogP contribution in [0.15, 0.2) is 30.3 Å². The van der Waals surface area contributed by atoms with Crippen molar-refractivity contribution < 1.29 is 13.2 Å². The smallest absolute Gasteiger partial charge is 0.281 e. The maximum Gasteiger partial charge on any atom is 0.281 e. The SMILES string of the molecule is CN(C)S(=O)(=O)N1CC2(CCCCC2)CC1COCc1ccccc1. The molecule has 0 radical (unpaired) electrons. The molecule has 1 aliphatic heterocycles. The van der Waals surface area contributed by atoms with Crippen molar-refractivity contribution in [2.24, 2.45) is 5.41 Å². The largest absolute Gasteiger partial charge is 0.375 e. The minimum absolute atomic E-state index is 0.0609. The van der Waals surface area contributed by atoms with E-state index in [1.807, 2.05) is 30.3 Å². The van der Waals surface area contributed by atoms with Crippen LogP contribution in [0.4, 0.5) is 0 Å². The Morgan fingerprint density at radius 3 is 2.48 bits per heavy atom. The molecule has 1 aromatic carbocycles. The second-order valence-electron chi connectivity index (χ2n) is 7.75. The quantitative estimate of drug-likeness (QED) is 0.777. The first-order valence-electron chi connectivity index (χ1n) is 9.24. The van der Waals surface area contributed by atoms with Crippen molar-refractivity contribution >= 4 is 10.2 Å². The summed E-state index contributed by atoms with van der Waals surface area (Å²) in [5, 5.41) is 0. The average molecular weight is 367 g/mol. The lowest BCUT2D eigenvalue weighted by atomic mass is 9.73. The lowest BCUT2D eigenvalue weighted by Crippen LogP contribution is -2.45. The number of nitrogens with zero attached hydrogens (tertiary/aromatic N) is 2. The highest BCUT2D eigenvalue weighted by molar-refractivity contribution is 7.86. The van der Waals surface area contributed by atoms with Crippen LogP contribution >= 0.6 is 0 Å². The number of hydrogen-bond donors (Lipinski definition) is 0. The zero-order chi connectivity index (χ0) is 17.9. The van der Waals surface area contributed by atoms with Crippen LogP contribution in [0, 0.1) is 5.41 Å². The molecule has 0 amide bonds. The molecule has 5 nitrogen and oxygen atoms in total. The molecule has 0 aromatic heterocycles. The van der Waals surface area contributed by atoms with E-state index in [9.17, 15) is 8.42 Å². The van der Waals surface area contributed by atoms with E-state index < -0.39 is 10.2 Å². The summed E-state index contributed by atoms with van der Waals surface area (Å²) in [5.74, 6) is 0. The molecular weight excluding hydrogens is 336 g/mol. The van der Waals surface area contributed by atoms with Gasteiger partial charge in [0.25, 0.3) is 10.2 Å². The third-order valence-corrected chi connectivity index (χ3v) is 7.60. The average Bonchev–Trinajstić information content (AvgIpc) is 2.95. The normalized spacial score (nSPS) is 24.2. The topological polar surface area (TPSA) is 49.9 Å². The molecule has 3 rings (SSSR count). The van der Waals surface area contributed by atoms with Crippen LogP contribution in [-0.4, -0.2) is 50.3 Å². The predicted octanol–water partition coefficient (Wildman–Crippen LogP) is 3.03. The number of rotatable bonds is 6. The molecule has 1 heterocycles. The van der Waals surface area contributed by atoms with Gasteiger partial charge >= 0.3 is 0 Å². The van der Waals surface area contributed by atoms with Crippen LogP contribution < -0.4 is 0 Å². The Morgan fingerprint density at radius 2 is 1.84 bits per heavy atom. The Morgan fingerprint density at radius 1 is 1.16 bits per heavy atom. The third kappa shape index (κ3) is 4.25. The zero-order valence-corrected chi connectivity index (χ0v) is 16.2. The van der Waals surface area contributed by atoms with Gasteiger partial charge in [0.15, 0.2) is 0 Å². The van der Waals surface area contributed by atoms with Gasteiger partial charge in [-0.05, 0) is 30.2 Å². The van der Waals surface area contributed by atoms with E-state index in [0.29, 0.717) is 19.8 Å². The molecule has 0 bridgehead atoms. The molecule has 25 heavy (non-hydrogen) atoms. The molecule has 6 heteroatoms. The Bertz CT molecular complexity index is 655. The summed E-state index contributed by atoms with van der Waals surface area (Å²) in [7, 11) is -0.181. The molecule has 1 aromatic rings. The van der Waals surface area contributed by atoms with Crippen LogP contribution in [0.5, 0.6) is 0 Å². The van der Waals surface area contributed by atoms with E-state index in [4.69, 9.17) is 4.74 Å². The fourth-order valence-corrected chi connectivity index (χ4v) is 5.67. The van der Waals surface area contributed by atoms with Crippen molar-refractivity contribution in [2.75, 3.05) is 27.2 Å². The minimum Gasteiger partial charge on any atom is -0.375 e. The van der Waals surface area contributed by atoms with Gasteiger partial charge < -0.3 is 4.74 Å². The fraction of sp³-hybridized carbons (Fsp3) is 0.684. The molecular formula is C19H30N2O3S. The molecule has 0 N–H and O–H groups in total. The van der Waals surface area contributed by atoms with Gasteiger partial charge in [0, 0.05) is 20.6 Å². The van der Waals surface area contributed by atoms with Gasteiger partial charge in [0.05, 0.1) is 19.3 Å². The Hall–Kier alpha value is -0.950. The second-order valence-corrected chi connectivity index (χ2v) is 9.85. The summed E-state index contributed by atoms with van der Waals surface area (Å²) in [5.41, 5.74) is 1.28. The molecule has 1 unspecified atom stereocenters. The van der Waals surface area contributed by atoms with Crippen molar-refractivity contribution in [3.05, 3.63) is 35.9 Å². The number of ether oxygens (including phenoxy) is 1. The van der Waals surface area contributed by atoms with Crippen LogP contribution in [-0.2, 0) is 21.6 Å². The third-order valence-electron chi connectivity index (χ3n) is 5.66. The predicted molar refractivity (Wildman–Crippen MR) is 99.3 cm³/mol. The van der Waals surface area contributed by atoms with Crippen LogP contribution in [0.25, 0.3) is 0 Å². The Kier molecular flexibility index (Phi) is 5.83. The highest BCUT2D eigenvalue weighted by Crippen LogP contribution is 2.47. The van der Waals surface area contributed by atoms with Crippen LogP contribution in [0.1, 0.15) is 44.1 Å². The summed E-state index contributed by atoms with van der Waals surface area (Å²) < 4.78 is 34.5. The zero-order valence-electron chi connectivity index (χ0n) is 15.4. The van der Waals surface area contributed by atoms with Gasteiger partial charge in [-0.25, -0.2) is 0 Å². The summed E-state index contributed by atoms with van der Waals surface area (Å²) in [6.45, 7) is 1.64. The maximum absolute atomic E-state index is 12.8. The molecule has 1 atom stereocenters. The first-order chi connectivity index (χ1) is 11.9. The molecule has 1 spiro atoms. The van der Waals surface area contributed by atoms with E-state index in [1.54, 1.807) is 18.4 Å². The lowest BCUT2D eigenvalue weighted by Gasteiger charge is -2.33. The molecule has 2 aliphatic rings. The maximum atomic E-state index is 12.8. The van der Waals surface area contributed by atoms with Crippen LogP contribution in [0.2, 0.25) is 0 Å². The molecule has 1 saturated carbocycles. The van der Waals surface area contributed by atoms with Crippen molar-refractivity contribution in [2.45, 2.75) is 51.2 Å². The van der Waals surface area contributed by atoms with E-state index in [-0.39, 0.29) is 11.5 Å².